The van der Waals surface area contributed by atoms with Crippen LogP contribution in [0.5, 0.6) is 0 Å². The minimum absolute atomic E-state index is 0.268. The number of carbonyl (C=O) groups is 1. The normalized spacial score (nSPS) is 18.4. The highest BCUT2D eigenvalue weighted by Crippen LogP contribution is 2.30. The molecule has 2 heterocycles. The SMILES string of the molecule is C[C@@H]1CCc2noc(NC(=O)c3ccco3)c2C1. The third-order valence-electron chi connectivity index (χ3n) is 3.27. The van der Waals surface area contributed by atoms with Gasteiger partial charge in [0.2, 0.25) is 5.88 Å². The maximum Gasteiger partial charge on any atom is 0.293 e. The molecule has 0 radical (unpaired) electrons. The van der Waals surface area contributed by atoms with Crippen LogP contribution in [0.1, 0.15) is 35.2 Å². The van der Waals surface area contributed by atoms with Crippen molar-refractivity contribution < 1.29 is 13.7 Å². The first kappa shape index (κ1) is 11.1. The van der Waals surface area contributed by atoms with Crippen LogP contribution >= 0.6 is 0 Å². The number of hydrogen-bond acceptors (Lipinski definition) is 4. The second-order valence-electron chi connectivity index (χ2n) is 4.72. The Bertz CT molecular complexity index is 557. The van der Waals surface area contributed by atoms with E-state index in [1.165, 1.54) is 6.26 Å². The van der Waals surface area contributed by atoms with Crippen LogP contribution in [0.3, 0.4) is 0 Å². The fourth-order valence-electron chi connectivity index (χ4n) is 2.25. The number of rotatable bonds is 2. The van der Waals surface area contributed by atoms with Gasteiger partial charge in [-0.3, -0.25) is 10.1 Å². The zero-order valence-corrected chi connectivity index (χ0v) is 10.1. The molecule has 0 saturated carbocycles. The lowest BCUT2D eigenvalue weighted by molar-refractivity contribution is 0.0993. The van der Waals surface area contributed by atoms with E-state index in [0.717, 1.165) is 30.5 Å². The largest absolute Gasteiger partial charge is 0.459 e. The molecule has 0 aliphatic heterocycles. The Labute approximate surface area is 104 Å². The highest BCUT2D eigenvalue weighted by atomic mass is 16.5. The van der Waals surface area contributed by atoms with Gasteiger partial charge in [0.05, 0.1) is 12.0 Å². The first-order chi connectivity index (χ1) is 8.74. The molecule has 1 aliphatic rings. The van der Waals surface area contributed by atoms with E-state index < -0.39 is 0 Å². The van der Waals surface area contributed by atoms with Gasteiger partial charge in [-0.25, -0.2) is 0 Å². The quantitative estimate of drug-likeness (QED) is 0.884. The molecule has 5 heteroatoms. The van der Waals surface area contributed by atoms with Gasteiger partial charge in [-0.15, -0.1) is 0 Å². The van der Waals surface area contributed by atoms with Gasteiger partial charge in [0.15, 0.2) is 5.76 Å². The van der Waals surface area contributed by atoms with Crippen LogP contribution in [-0.4, -0.2) is 11.1 Å². The molecule has 2 aromatic heterocycles. The van der Waals surface area contributed by atoms with E-state index in [1.807, 2.05) is 0 Å². The van der Waals surface area contributed by atoms with Crippen LogP contribution in [0.15, 0.2) is 27.3 Å². The number of aryl methyl sites for hydroxylation is 1. The lowest BCUT2D eigenvalue weighted by Gasteiger charge is -2.16. The molecule has 0 unspecified atom stereocenters. The Morgan fingerprint density at radius 3 is 3.22 bits per heavy atom. The van der Waals surface area contributed by atoms with Crippen LogP contribution in [-0.2, 0) is 12.8 Å². The van der Waals surface area contributed by atoms with E-state index in [9.17, 15) is 4.79 Å². The van der Waals surface area contributed by atoms with E-state index in [4.69, 9.17) is 8.94 Å². The lowest BCUT2D eigenvalue weighted by atomic mass is 9.89. The topological polar surface area (TPSA) is 68.3 Å². The van der Waals surface area contributed by atoms with Gasteiger partial charge in [0, 0.05) is 5.56 Å². The smallest absolute Gasteiger partial charge is 0.293 e. The highest BCUT2D eigenvalue weighted by molar-refractivity contribution is 6.01. The number of furan rings is 1. The minimum atomic E-state index is -0.308. The summed E-state index contributed by atoms with van der Waals surface area (Å²) in [4.78, 5) is 11.8. The zero-order valence-electron chi connectivity index (χ0n) is 10.1. The second kappa shape index (κ2) is 4.33. The standard InChI is InChI=1S/C13H14N2O3/c1-8-4-5-10-9(7-8)13(18-15-10)14-12(16)11-3-2-6-17-11/h2-3,6,8H,4-5,7H2,1H3,(H,14,16)/t8-/m1/s1. The molecule has 0 fully saturated rings. The molecule has 3 rings (SSSR count). The Balaban J connectivity index is 1.82. The molecule has 0 aromatic carbocycles. The Morgan fingerprint density at radius 1 is 1.56 bits per heavy atom. The summed E-state index contributed by atoms with van der Waals surface area (Å²) >= 11 is 0. The fraction of sp³-hybridized carbons (Fsp3) is 0.385. The van der Waals surface area contributed by atoms with Crippen molar-refractivity contribution in [3.8, 4) is 0 Å². The summed E-state index contributed by atoms with van der Waals surface area (Å²) in [5.74, 6) is 1.01. The average Bonchev–Trinajstić information content (AvgIpc) is 2.99. The van der Waals surface area contributed by atoms with Crippen molar-refractivity contribution in [2.75, 3.05) is 5.32 Å². The Kier molecular flexibility index (Phi) is 2.66. The van der Waals surface area contributed by atoms with Gasteiger partial charge in [-0.2, -0.15) is 0 Å². The van der Waals surface area contributed by atoms with Crippen molar-refractivity contribution in [2.45, 2.75) is 26.2 Å². The number of anilines is 1. The predicted octanol–water partition coefficient (Wildman–Crippen LogP) is 2.64. The number of amides is 1. The second-order valence-corrected chi connectivity index (χ2v) is 4.72. The van der Waals surface area contributed by atoms with Crippen molar-refractivity contribution in [2.24, 2.45) is 5.92 Å². The molecule has 94 valence electrons. The van der Waals surface area contributed by atoms with Gasteiger partial charge >= 0.3 is 0 Å². The third kappa shape index (κ3) is 1.92. The number of aromatic nitrogens is 1. The van der Waals surface area contributed by atoms with Crippen LogP contribution in [0, 0.1) is 5.92 Å². The third-order valence-corrected chi connectivity index (χ3v) is 3.27. The van der Waals surface area contributed by atoms with E-state index >= 15 is 0 Å². The molecule has 0 bridgehead atoms. The summed E-state index contributed by atoms with van der Waals surface area (Å²) in [6, 6.07) is 3.29. The van der Waals surface area contributed by atoms with Crippen molar-refractivity contribution in [3.63, 3.8) is 0 Å². The molecule has 0 saturated heterocycles. The first-order valence-corrected chi connectivity index (χ1v) is 6.06. The molecule has 18 heavy (non-hydrogen) atoms. The zero-order chi connectivity index (χ0) is 12.5. The highest BCUT2D eigenvalue weighted by Gasteiger charge is 2.24. The van der Waals surface area contributed by atoms with Crippen molar-refractivity contribution >= 4 is 11.8 Å². The molecule has 1 amide bonds. The lowest BCUT2D eigenvalue weighted by Crippen LogP contribution is -2.15. The van der Waals surface area contributed by atoms with Gasteiger partial charge in [0.1, 0.15) is 0 Å². The maximum absolute atomic E-state index is 11.8. The Hall–Kier alpha value is -2.04. The van der Waals surface area contributed by atoms with Crippen LogP contribution in [0.25, 0.3) is 0 Å². The summed E-state index contributed by atoms with van der Waals surface area (Å²) in [6.45, 7) is 2.19. The molecule has 1 aliphatic carbocycles. The molecule has 1 atom stereocenters. The van der Waals surface area contributed by atoms with E-state index in [1.54, 1.807) is 12.1 Å². The Morgan fingerprint density at radius 2 is 2.44 bits per heavy atom. The number of nitrogens with zero attached hydrogens (tertiary/aromatic N) is 1. The van der Waals surface area contributed by atoms with Crippen molar-refractivity contribution in [3.05, 3.63) is 35.4 Å². The fourth-order valence-corrected chi connectivity index (χ4v) is 2.25. The maximum atomic E-state index is 11.8. The van der Waals surface area contributed by atoms with Crippen LogP contribution in [0.2, 0.25) is 0 Å². The van der Waals surface area contributed by atoms with E-state index in [0.29, 0.717) is 11.8 Å². The molecule has 2 aromatic rings. The number of hydrogen-bond donors (Lipinski definition) is 1. The summed E-state index contributed by atoms with van der Waals surface area (Å²) in [7, 11) is 0. The number of carbonyl (C=O) groups excluding carboxylic acids is 1. The number of nitrogens with one attached hydrogen (secondary N) is 1. The van der Waals surface area contributed by atoms with Gasteiger partial charge in [-0.05, 0) is 37.3 Å². The van der Waals surface area contributed by atoms with Crippen molar-refractivity contribution in [1.29, 1.82) is 0 Å². The molecule has 1 N–H and O–H groups in total. The van der Waals surface area contributed by atoms with Gasteiger partial charge in [-0.1, -0.05) is 12.1 Å². The summed E-state index contributed by atoms with van der Waals surface area (Å²) in [5.41, 5.74) is 1.98. The van der Waals surface area contributed by atoms with Gasteiger partial charge in [0.25, 0.3) is 5.91 Å². The molecular weight excluding hydrogens is 232 g/mol. The molecule has 0 spiro atoms. The number of fused-ring (bicyclic) bond motifs is 1. The van der Waals surface area contributed by atoms with E-state index in [-0.39, 0.29) is 11.7 Å². The molecule has 5 nitrogen and oxygen atoms in total. The summed E-state index contributed by atoms with van der Waals surface area (Å²) in [6.07, 6.45) is 4.39. The molecular formula is C13H14N2O3. The van der Waals surface area contributed by atoms with Gasteiger partial charge < -0.3 is 8.94 Å². The van der Waals surface area contributed by atoms with Crippen molar-refractivity contribution in [1.82, 2.24) is 5.16 Å². The summed E-state index contributed by atoms with van der Waals surface area (Å²) < 4.78 is 10.2. The average molecular weight is 246 g/mol. The van der Waals surface area contributed by atoms with Crippen LogP contribution in [0.4, 0.5) is 5.88 Å². The predicted molar refractivity (Wildman–Crippen MR) is 64.4 cm³/mol. The summed E-state index contributed by atoms with van der Waals surface area (Å²) in [5, 5.41) is 6.72. The van der Waals surface area contributed by atoms with Crippen LogP contribution < -0.4 is 5.32 Å². The van der Waals surface area contributed by atoms with E-state index in [2.05, 4.69) is 17.4 Å². The first-order valence-electron chi connectivity index (χ1n) is 6.06. The minimum Gasteiger partial charge on any atom is -0.459 e. The monoisotopic (exact) mass is 246 g/mol.